The van der Waals surface area contributed by atoms with Crippen LogP contribution in [-0.4, -0.2) is 32.3 Å². The molecule has 3 heterocycles. The summed E-state index contributed by atoms with van der Waals surface area (Å²) in [6, 6.07) is 15.0. The van der Waals surface area contributed by atoms with E-state index in [2.05, 4.69) is 15.0 Å². The number of rotatable bonds is 4. The number of carbonyl (C=O) groups excluding carboxylic acids is 1. The number of fused-ring (bicyclic) bond motifs is 2. The van der Waals surface area contributed by atoms with Gasteiger partial charge in [-0.1, -0.05) is 18.2 Å². The molecule has 1 aliphatic rings. The quantitative estimate of drug-likeness (QED) is 0.589. The van der Waals surface area contributed by atoms with E-state index in [0.717, 1.165) is 28.2 Å². The van der Waals surface area contributed by atoms with Gasteiger partial charge in [0.15, 0.2) is 6.61 Å². The topological polar surface area (TPSA) is 84.2 Å². The lowest BCUT2D eigenvalue weighted by atomic mass is 10.1. The first-order valence-electron chi connectivity index (χ1n) is 9.14. The number of aromatic nitrogens is 3. The highest BCUT2D eigenvalue weighted by Gasteiger charge is 2.26. The molecule has 5 rings (SSSR count). The molecule has 7 heteroatoms. The molecule has 0 saturated heterocycles. The van der Waals surface area contributed by atoms with E-state index in [-0.39, 0.29) is 13.9 Å². The third-order valence-corrected chi connectivity index (χ3v) is 4.84. The predicted octanol–water partition coefficient (Wildman–Crippen LogP) is 3.57. The number of aromatic amines is 1. The fraction of sp³-hybridized carbons (Fsp3) is 0.190. The number of H-pyrrole nitrogens is 1. The van der Waals surface area contributed by atoms with Gasteiger partial charge in [-0.3, -0.25) is 4.79 Å². The van der Waals surface area contributed by atoms with E-state index >= 15 is 0 Å². The van der Waals surface area contributed by atoms with Crippen LogP contribution in [0.15, 0.2) is 59.3 Å². The fourth-order valence-corrected chi connectivity index (χ4v) is 3.40. The number of hydrogen-bond acceptors (Lipinski definition) is 5. The monoisotopic (exact) mass is 376 g/mol. The van der Waals surface area contributed by atoms with Crippen molar-refractivity contribution in [2.45, 2.75) is 19.6 Å². The summed E-state index contributed by atoms with van der Waals surface area (Å²) >= 11 is 0. The summed E-state index contributed by atoms with van der Waals surface area (Å²) in [5.41, 5.74) is 3.23. The van der Waals surface area contributed by atoms with Crippen molar-refractivity contribution in [2.24, 2.45) is 0 Å². The number of carbonyl (C=O) groups is 1. The number of imidazole rings is 1. The van der Waals surface area contributed by atoms with Crippen LogP contribution in [0.1, 0.15) is 29.1 Å². The lowest BCUT2D eigenvalue weighted by Crippen LogP contribution is -2.35. The number of hydrogen-bond donors (Lipinski definition) is 1. The van der Waals surface area contributed by atoms with Crippen LogP contribution >= 0.6 is 0 Å². The van der Waals surface area contributed by atoms with Crippen molar-refractivity contribution in [1.82, 2.24) is 19.9 Å². The molecule has 1 amide bonds. The summed E-state index contributed by atoms with van der Waals surface area (Å²) in [4.78, 5) is 26.4. The highest BCUT2D eigenvalue weighted by atomic mass is 16.5. The highest BCUT2D eigenvalue weighted by Crippen LogP contribution is 2.23. The molecule has 0 radical (unpaired) electrons. The zero-order valence-corrected chi connectivity index (χ0v) is 15.1. The zero-order valence-electron chi connectivity index (χ0n) is 15.1. The van der Waals surface area contributed by atoms with Crippen molar-refractivity contribution in [2.75, 3.05) is 6.54 Å². The number of nitrogens with one attached hydrogen (secondary N) is 1. The van der Waals surface area contributed by atoms with Crippen molar-refractivity contribution < 1.29 is 15.4 Å². The van der Waals surface area contributed by atoms with Crippen LogP contribution in [0.3, 0.4) is 0 Å². The second kappa shape index (κ2) is 6.84. The molecule has 142 valence electrons. The largest absolute Gasteiger partial charge is 0.484 e. The summed E-state index contributed by atoms with van der Waals surface area (Å²) in [6.07, 6.45) is 2.29. The maximum atomic E-state index is 12.9. The summed E-state index contributed by atoms with van der Waals surface area (Å²) < 4.78 is 11.6. The molecule has 4 aromatic rings. The number of oxazole rings is 1. The van der Waals surface area contributed by atoms with Crippen LogP contribution < -0.4 is 4.74 Å². The minimum Gasteiger partial charge on any atom is -0.484 e. The molecule has 1 N–H and O–H groups in total. The van der Waals surface area contributed by atoms with Crippen molar-refractivity contribution in [3.8, 4) is 5.75 Å². The molecule has 7 nitrogen and oxygen atoms in total. The Labute approximate surface area is 162 Å². The molecule has 0 spiro atoms. The normalized spacial score (nSPS) is 13.5. The summed E-state index contributed by atoms with van der Waals surface area (Å²) in [6.45, 7) is 1.29. The fourth-order valence-electron chi connectivity index (χ4n) is 3.40. The number of ether oxygens (including phenoxy) is 1. The zero-order chi connectivity index (χ0) is 18.9. The molecule has 0 atom stereocenters. The van der Waals surface area contributed by atoms with Gasteiger partial charge in [0, 0.05) is 20.0 Å². The maximum absolute atomic E-state index is 12.9. The first-order chi connectivity index (χ1) is 13.8. The van der Waals surface area contributed by atoms with Crippen LogP contribution in [0.25, 0.3) is 11.0 Å². The summed E-state index contributed by atoms with van der Waals surface area (Å²) in [7, 11) is 0. The van der Waals surface area contributed by atoms with Gasteiger partial charge in [0.25, 0.3) is 5.91 Å². The van der Waals surface area contributed by atoms with Crippen molar-refractivity contribution in [3.63, 3.8) is 0 Å². The number of amides is 1. The molecule has 0 saturated carbocycles. The molecule has 1 aliphatic heterocycles. The Hall–Kier alpha value is -3.61. The molecule has 0 bridgehead atoms. The van der Waals surface area contributed by atoms with Crippen LogP contribution in [-0.2, 0) is 19.6 Å². The van der Waals surface area contributed by atoms with Crippen LogP contribution in [0.4, 0.5) is 0 Å². The van der Waals surface area contributed by atoms with E-state index in [4.69, 9.17) is 9.15 Å². The van der Waals surface area contributed by atoms with Crippen LogP contribution in [0, 0.1) is 0 Å². The second-order valence-electron chi connectivity index (χ2n) is 6.69. The Morgan fingerprint density at radius 3 is 3.04 bits per heavy atom. The second-order valence-corrected chi connectivity index (χ2v) is 6.69. The van der Waals surface area contributed by atoms with Crippen molar-refractivity contribution in [1.29, 1.82) is 0 Å². The molecule has 2 aromatic heterocycles. The molecular weight excluding hydrogens is 356 g/mol. The standard InChI is InChI=1S/C21H18N4O3.H2/c26-21(14-6-7-16-18(10-14)23-13-22-16)25-9-8-17-19(11-25)28-20(24-17)12-27-15-4-2-1-3-5-15;/h1-7,10,13H,8-9,11-12H2,(H,22,23);1H. The molecule has 0 aliphatic carbocycles. The number of para-hydroxylation sites is 1. The van der Waals surface area contributed by atoms with Crippen LogP contribution in [0.5, 0.6) is 5.75 Å². The third kappa shape index (κ3) is 3.11. The van der Waals surface area contributed by atoms with E-state index < -0.39 is 0 Å². The first-order valence-corrected chi connectivity index (χ1v) is 9.14. The smallest absolute Gasteiger partial charge is 0.254 e. The van der Waals surface area contributed by atoms with Crippen molar-refractivity contribution >= 4 is 16.9 Å². The molecule has 2 aromatic carbocycles. The minimum absolute atomic E-state index is 0. The Balaban J connectivity index is 0.00000205. The van der Waals surface area contributed by atoms with Gasteiger partial charge >= 0.3 is 0 Å². The van der Waals surface area contributed by atoms with Gasteiger partial charge in [0.1, 0.15) is 11.5 Å². The minimum atomic E-state index is -0.0272. The summed E-state index contributed by atoms with van der Waals surface area (Å²) in [5.74, 6) is 2.00. The SMILES string of the molecule is O=C(c1ccc2nc[nH]c2c1)N1CCc2nc(COc3ccccc3)oc2C1.[HH]. The van der Waals surface area contributed by atoms with Crippen molar-refractivity contribution in [3.05, 3.63) is 77.8 Å². The van der Waals surface area contributed by atoms with Gasteiger partial charge in [-0.2, -0.15) is 0 Å². The van der Waals surface area contributed by atoms with Crippen LogP contribution in [0.2, 0.25) is 0 Å². The lowest BCUT2D eigenvalue weighted by molar-refractivity contribution is 0.0718. The number of benzene rings is 2. The van der Waals surface area contributed by atoms with E-state index in [0.29, 0.717) is 31.0 Å². The highest BCUT2D eigenvalue weighted by molar-refractivity contribution is 5.97. The van der Waals surface area contributed by atoms with E-state index in [1.807, 2.05) is 42.5 Å². The average molecular weight is 376 g/mol. The number of nitrogens with zero attached hydrogens (tertiary/aromatic N) is 3. The third-order valence-electron chi connectivity index (χ3n) is 4.84. The van der Waals surface area contributed by atoms with E-state index in [1.165, 1.54) is 0 Å². The first kappa shape index (κ1) is 16.6. The Kier molecular flexibility index (Phi) is 4.05. The van der Waals surface area contributed by atoms with E-state index in [1.54, 1.807) is 17.3 Å². The van der Waals surface area contributed by atoms with Gasteiger partial charge < -0.3 is 19.0 Å². The van der Waals surface area contributed by atoms with Gasteiger partial charge in [0.2, 0.25) is 5.89 Å². The van der Waals surface area contributed by atoms with Gasteiger partial charge in [-0.15, -0.1) is 0 Å². The molecule has 0 fully saturated rings. The summed E-state index contributed by atoms with van der Waals surface area (Å²) in [5, 5.41) is 0. The van der Waals surface area contributed by atoms with Gasteiger partial charge in [-0.05, 0) is 30.3 Å². The average Bonchev–Trinajstić information content (AvgIpc) is 3.37. The van der Waals surface area contributed by atoms with Gasteiger partial charge in [-0.25, -0.2) is 9.97 Å². The van der Waals surface area contributed by atoms with E-state index in [9.17, 15) is 4.79 Å². The lowest BCUT2D eigenvalue weighted by Gasteiger charge is -2.25. The Bertz CT molecular complexity index is 1140. The predicted molar refractivity (Wildman–Crippen MR) is 104 cm³/mol. The molecule has 0 unspecified atom stereocenters. The Morgan fingerprint density at radius 2 is 2.14 bits per heavy atom. The molecule has 28 heavy (non-hydrogen) atoms. The maximum Gasteiger partial charge on any atom is 0.254 e. The van der Waals surface area contributed by atoms with Gasteiger partial charge in [0.05, 0.1) is 29.6 Å². The molecular formula is C21H20N4O3. The Morgan fingerprint density at radius 1 is 1.25 bits per heavy atom.